The third-order valence-corrected chi connectivity index (χ3v) is 3.51. The van der Waals surface area contributed by atoms with E-state index < -0.39 is 0 Å². The lowest BCUT2D eigenvalue weighted by Gasteiger charge is -2.02. The number of fused-ring (bicyclic) bond motifs is 1. The summed E-state index contributed by atoms with van der Waals surface area (Å²) in [6, 6.07) is 0. The minimum absolute atomic E-state index is 0.667. The Balaban J connectivity index is 2.34. The lowest BCUT2D eigenvalue weighted by molar-refractivity contribution is 0.653. The molecule has 1 N–H and O–H groups in total. The molecule has 0 aromatic carbocycles. The first-order chi connectivity index (χ1) is 6.33. The molecule has 2 rings (SSSR count). The summed E-state index contributed by atoms with van der Waals surface area (Å²) in [6.45, 7) is 0.821. The van der Waals surface area contributed by atoms with Gasteiger partial charge in [0, 0.05) is 23.5 Å². The summed E-state index contributed by atoms with van der Waals surface area (Å²) in [6.07, 6.45) is 9.50. The lowest BCUT2D eigenvalue weighted by Crippen LogP contribution is -2.15. The van der Waals surface area contributed by atoms with Crippen molar-refractivity contribution in [1.29, 1.82) is 5.41 Å². The quantitative estimate of drug-likeness (QED) is 0.689. The fourth-order valence-electron chi connectivity index (χ4n) is 1.80. The van der Waals surface area contributed by atoms with Gasteiger partial charge in [0.05, 0.1) is 0 Å². The van der Waals surface area contributed by atoms with Crippen LogP contribution in [0.4, 0.5) is 0 Å². The van der Waals surface area contributed by atoms with Crippen LogP contribution in [0.2, 0.25) is 0 Å². The van der Waals surface area contributed by atoms with Gasteiger partial charge < -0.3 is 4.57 Å². The second-order valence-corrected chi connectivity index (χ2v) is 4.32. The van der Waals surface area contributed by atoms with Crippen molar-refractivity contribution in [3.05, 3.63) is 15.4 Å². The number of nitrogens with one attached hydrogen (secondary N) is 1. The minimum Gasteiger partial charge on any atom is -0.320 e. The highest BCUT2D eigenvalue weighted by Gasteiger charge is 2.17. The SMILES string of the molecule is C#CCCn1c2c(sc1=N)CCC2. The van der Waals surface area contributed by atoms with Gasteiger partial charge in [-0.3, -0.25) is 5.41 Å². The Morgan fingerprint density at radius 1 is 1.54 bits per heavy atom. The summed E-state index contributed by atoms with van der Waals surface area (Å²) in [5.41, 5.74) is 1.37. The van der Waals surface area contributed by atoms with Crippen LogP contribution < -0.4 is 4.80 Å². The van der Waals surface area contributed by atoms with Gasteiger partial charge in [0.25, 0.3) is 0 Å². The zero-order valence-corrected chi connectivity index (χ0v) is 8.28. The highest BCUT2D eigenvalue weighted by atomic mass is 32.1. The summed E-state index contributed by atoms with van der Waals surface area (Å²) < 4.78 is 2.08. The van der Waals surface area contributed by atoms with E-state index in [9.17, 15) is 0 Å². The maximum Gasteiger partial charge on any atom is 0.182 e. The van der Waals surface area contributed by atoms with Gasteiger partial charge in [-0.2, -0.15) is 0 Å². The topological polar surface area (TPSA) is 28.8 Å². The number of aryl methyl sites for hydroxylation is 1. The number of aromatic nitrogens is 1. The van der Waals surface area contributed by atoms with Crippen molar-refractivity contribution in [2.75, 3.05) is 0 Å². The molecule has 3 heteroatoms. The van der Waals surface area contributed by atoms with E-state index in [1.165, 1.54) is 17.0 Å². The molecule has 13 heavy (non-hydrogen) atoms. The molecule has 0 saturated heterocycles. The van der Waals surface area contributed by atoms with E-state index in [0.29, 0.717) is 4.80 Å². The van der Waals surface area contributed by atoms with Crippen LogP contribution in [-0.4, -0.2) is 4.57 Å². The standard InChI is InChI=1S/C10H12N2S/c1-2-3-7-12-8-5-4-6-9(8)13-10(12)11/h1,11H,3-7H2. The Kier molecular flexibility index (Phi) is 2.24. The van der Waals surface area contributed by atoms with E-state index in [1.54, 1.807) is 11.3 Å². The van der Waals surface area contributed by atoms with E-state index in [-0.39, 0.29) is 0 Å². The van der Waals surface area contributed by atoms with Gasteiger partial charge in [0.15, 0.2) is 4.80 Å². The molecule has 0 aliphatic heterocycles. The molecular weight excluding hydrogens is 180 g/mol. The van der Waals surface area contributed by atoms with E-state index in [2.05, 4.69) is 10.5 Å². The average molecular weight is 192 g/mol. The van der Waals surface area contributed by atoms with Gasteiger partial charge in [0.2, 0.25) is 0 Å². The molecule has 0 spiro atoms. The van der Waals surface area contributed by atoms with Crippen molar-refractivity contribution in [1.82, 2.24) is 4.57 Å². The minimum atomic E-state index is 0.667. The maximum absolute atomic E-state index is 7.76. The molecule has 1 heterocycles. The van der Waals surface area contributed by atoms with Crippen molar-refractivity contribution >= 4 is 11.3 Å². The molecule has 0 amide bonds. The van der Waals surface area contributed by atoms with Crippen LogP contribution in [0, 0.1) is 17.8 Å². The van der Waals surface area contributed by atoms with Crippen LogP contribution >= 0.6 is 11.3 Å². The van der Waals surface area contributed by atoms with Gasteiger partial charge >= 0.3 is 0 Å². The van der Waals surface area contributed by atoms with Gasteiger partial charge in [-0.1, -0.05) is 0 Å². The number of rotatable bonds is 2. The summed E-state index contributed by atoms with van der Waals surface area (Å²) in [5.74, 6) is 2.62. The molecule has 2 nitrogen and oxygen atoms in total. The third kappa shape index (κ3) is 1.42. The predicted molar refractivity (Wildman–Crippen MR) is 53.6 cm³/mol. The molecule has 0 unspecified atom stereocenters. The number of nitrogens with zero attached hydrogens (tertiary/aromatic N) is 1. The number of hydrogen-bond donors (Lipinski definition) is 1. The molecule has 0 fully saturated rings. The predicted octanol–water partition coefficient (Wildman–Crippen LogP) is 1.54. The van der Waals surface area contributed by atoms with Crippen LogP contribution in [-0.2, 0) is 19.4 Å². The maximum atomic E-state index is 7.76. The molecule has 68 valence electrons. The Labute approximate surface area is 81.7 Å². The van der Waals surface area contributed by atoms with Crippen LogP contribution in [0.15, 0.2) is 0 Å². The van der Waals surface area contributed by atoms with Crippen LogP contribution in [0.5, 0.6) is 0 Å². The van der Waals surface area contributed by atoms with Crippen molar-refractivity contribution in [3.8, 4) is 12.3 Å². The molecular formula is C10H12N2S. The first-order valence-corrected chi connectivity index (χ1v) is 5.34. The van der Waals surface area contributed by atoms with Crippen molar-refractivity contribution in [2.24, 2.45) is 0 Å². The zero-order chi connectivity index (χ0) is 9.26. The lowest BCUT2D eigenvalue weighted by atomic mass is 10.3. The van der Waals surface area contributed by atoms with Crippen molar-refractivity contribution in [2.45, 2.75) is 32.2 Å². The van der Waals surface area contributed by atoms with Crippen LogP contribution in [0.1, 0.15) is 23.4 Å². The molecule has 1 aromatic rings. The molecule has 0 bridgehead atoms. The number of terminal acetylenes is 1. The normalized spacial score (nSPS) is 14.1. The van der Waals surface area contributed by atoms with E-state index in [1.807, 2.05) is 0 Å². The highest BCUT2D eigenvalue weighted by Crippen LogP contribution is 2.23. The van der Waals surface area contributed by atoms with Crippen LogP contribution in [0.25, 0.3) is 0 Å². The van der Waals surface area contributed by atoms with E-state index >= 15 is 0 Å². The molecule has 1 aliphatic carbocycles. The summed E-state index contributed by atoms with van der Waals surface area (Å²) in [4.78, 5) is 2.07. The average Bonchev–Trinajstić information content (AvgIpc) is 2.62. The summed E-state index contributed by atoms with van der Waals surface area (Å²) in [7, 11) is 0. The second-order valence-electron chi connectivity index (χ2n) is 3.24. The summed E-state index contributed by atoms with van der Waals surface area (Å²) >= 11 is 1.61. The first-order valence-electron chi connectivity index (χ1n) is 4.52. The van der Waals surface area contributed by atoms with Crippen LogP contribution in [0.3, 0.4) is 0 Å². The Bertz CT molecular complexity index is 406. The Morgan fingerprint density at radius 2 is 2.38 bits per heavy atom. The van der Waals surface area contributed by atoms with Crippen molar-refractivity contribution in [3.63, 3.8) is 0 Å². The van der Waals surface area contributed by atoms with Crippen molar-refractivity contribution < 1.29 is 0 Å². The molecule has 1 aliphatic rings. The molecule has 1 aromatic heterocycles. The highest BCUT2D eigenvalue weighted by molar-refractivity contribution is 7.09. The van der Waals surface area contributed by atoms with Gasteiger partial charge in [-0.15, -0.1) is 23.7 Å². The largest absolute Gasteiger partial charge is 0.320 e. The van der Waals surface area contributed by atoms with Gasteiger partial charge in [0.1, 0.15) is 0 Å². The first kappa shape index (κ1) is 8.58. The van der Waals surface area contributed by atoms with E-state index in [0.717, 1.165) is 25.8 Å². The third-order valence-electron chi connectivity index (χ3n) is 2.41. The molecule has 0 radical (unpaired) electrons. The molecule has 0 saturated carbocycles. The zero-order valence-electron chi connectivity index (χ0n) is 7.47. The van der Waals surface area contributed by atoms with Gasteiger partial charge in [-0.05, 0) is 19.3 Å². The number of thiazole rings is 1. The Morgan fingerprint density at radius 3 is 3.15 bits per heavy atom. The fourth-order valence-corrected chi connectivity index (χ4v) is 2.92. The summed E-state index contributed by atoms with van der Waals surface area (Å²) in [5, 5.41) is 7.76. The number of hydrogen-bond acceptors (Lipinski definition) is 2. The molecule has 0 atom stereocenters. The Hall–Kier alpha value is -1.01. The van der Waals surface area contributed by atoms with E-state index in [4.69, 9.17) is 11.8 Å². The monoisotopic (exact) mass is 192 g/mol. The van der Waals surface area contributed by atoms with Gasteiger partial charge in [-0.25, -0.2) is 0 Å². The fraction of sp³-hybridized carbons (Fsp3) is 0.500. The second kappa shape index (κ2) is 3.39. The smallest absolute Gasteiger partial charge is 0.182 e.